The fourth-order valence-electron chi connectivity index (χ4n) is 0.503. The van der Waals surface area contributed by atoms with Crippen LogP contribution in [0.5, 0.6) is 0 Å². The number of aliphatic hydroxyl groups is 1. The van der Waals surface area contributed by atoms with E-state index in [4.69, 9.17) is 9.84 Å². The predicted molar refractivity (Wildman–Crippen MR) is 40.6 cm³/mol. The van der Waals surface area contributed by atoms with Crippen LogP contribution in [0.1, 0.15) is 19.8 Å². The van der Waals surface area contributed by atoms with Gasteiger partial charge in [0.2, 0.25) is 0 Å². The molecule has 0 aliphatic carbocycles. The van der Waals surface area contributed by atoms with Gasteiger partial charge in [-0.15, -0.1) is 11.8 Å². The first-order valence-corrected chi connectivity index (χ1v) is 3.56. The molecule has 0 bridgehead atoms. The molecule has 0 spiro atoms. The average Bonchev–Trinajstić information content (AvgIpc) is 1.97. The van der Waals surface area contributed by atoms with Crippen LogP contribution < -0.4 is 0 Å². The van der Waals surface area contributed by atoms with Crippen molar-refractivity contribution in [2.24, 2.45) is 0 Å². The van der Waals surface area contributed by atoms with Crippen molar-refractivity contribution in [1.82, 2.24) is 0 Å². The van der Waals surface area contributed by atoms with E-state index < -0.39 is 0 Å². The molecule has 0 aromatic rings. The van der Waals surface area contributed by atoms with Crippen molar-refractivity contribution in [2.45, 2.75) is 19.8 Å². The van der Waals surface area contributed by atoms with Gasteiger partial charge in [0.1, 0.15) is 0 Å². The minimum Gasteiger partial charge on any atom is -0.394 e. The molecule has 0 heterocycles. The Morgan fingerprint density at radius 2 is 2.10 bits per heavy atom. The molecule has 0 amide bonds. The van der Waals surface area contributed by atoms with Gasteiger partial charge in [-0.3, -0.25) is 0 Å². The molecule has 0 fully saturated rings. The van der Waals surface area contributed by atoms with Crippen molar-refractivity contribution < 1.29 is 9.84 Å². The Hall–Kier alpha value is -0.520. The molecular weight excluding hydrogens is 128 g/mol. The third-order valence-electron chi connectivity index (χ3n) is 0.909. The lowest BCUT2D eigenvalue weighted by atomic mass is 10.4. The molecule has 0 saturated heterocycles. The second kappa shape index (κ2) is 8.48. The molecule has 1 N–H and O–H groups in total. The van der Waals surface area contributed by atoms with E-state index in [0.717, 1.165) is 12.8 Å². The Morgan fingerprint density at radius 1 is 1.30 bits per heavy atom. The predicted octanol–water partition coefficient (Wildman–Crippen LogP) is 0.799. The maximum atomic E-state index is 8.31. The second-order valence-corrected chi connectivity index (χ2v) is 1.79. The van der Waals surface area contributed by atoms with Gasteiger partial charge >= 0.3 is 0 Å². The van der Waals surface area contributed by atoms with Crippen molar-refractivity contribution >= 4 is 0 Å². The Balaban J connectivity index is 2.90. The Bertz CT molecular complexity index is 110. The van der Waals surface area contributed by atoms with Crippen molar-refractivity contribution in [3.8, 4) is 11.8 Å². The smallest absolute Gasteiger partial charge is 0.0698 e. The standard InChI is InChI=1S/C8H14O2/c1-2-3-4-5-7-10-8-6-9/h9H,2,5-8H2,1H3. The molecule has 0 radical (unpaired) electrons. The maximum Gasteiger partial charge on any atom is 0.0698 e. The normalized spacial score (nSPS) is 8.60. The van der Waals surface area contributed by atoms with Gasteiger partial charge in [-0.25, -0.2) is 0 Å². The summed E-state index contributed by atoms with van der Waals surface area (Å²) in [7, 11) is 0. The number of hydrogen-bond acceptors (Lipinski definition) is 2. The van der Waals surface area contributed by atoms with E-state index in [1.807, 2.05) is 6.92 Å². The molecule has 10 heavy (non-hydrogen) atoms. The van der Waals surface area contributed by atoms with E-state index in [1.54, 1.807) is 0 Å². The summed E-state index contributed by atoms with van der Waals surface area (Å²) in [6, 6.07) is 0. The van der Waals surface area contributed by atoms with Gasteiger partial charge in [0.15, 0.2) is 0 Å². The van der Waals surface area contributed by atoms with Crippen LogP contribution in [0, 0.1) is 11.8 Å². The summed E-state index contributed by atoms with van der Waals surface area (Å²) < 4.78 is 4.98. The van der Waals surface area contributed by atoms with E-state index in [2.05, 4.69) is 11.8 Å². The van der Waals surface area contributed by atoms with Gasteiger partial charge in [-0.05, 0) is 0 Å². The molecule has 0 rings (SSSR count). The third-order valence-corrected chi connectivity index (χ3v) is 0.909. The zero-order valence-electron chi connectivity index (χ0n) is 6.39. The minimum absolute atomic E-state index is 0.0984. The van der Waals surface area contributed by atoms with Crippen LogP contribution in [0.4, 0.5) is 0 Å². The van der Waals surface area contributed by atoms with Crippen LogP contribution in [0.25, 0.3) is 0 Å². The molecule has 0 saturated carbocycles. The van der Waals surface area contributed by atoms with Gasteiger partial charge in [0, 0.05) is 12.8 Å². The summed E-state index contributed by atoms with van der Waals surface area (Å²) in [5.41, 5.74) is 0. The van der Waals surface area contributed by atoms with E-state index in [-0.39, 0.29) is 6.61 Å². The van der Waals surface area contributed by atoms with E-state index in [0.29, 0.717) is 13.2 Å². The molecule has 0 aliphatic rings. The lowest BCUT2D eigenvalue weighted by molar-refractivity contribution is 0.0963. The number of aliphatic hydroxyl groups excluding tert-OH is 1. The van der Waals surface area contributed by atoms with Crippen molar-refractivity contribution in [2.75, 3.05) is 19.8 Å². The molecule has 0 aliphatic heterocycles. The quantitative estimate of drug-likeness (QED) is 0.464. The molecule has 0 atom stereocenters. The first kappa shape index (κ1) is 9.48. The molecule has 0 aromatic heterocycles. The van der Waals surface area contributed by atoms with Crippen LogP contribution in [-0.4, -0.2) is 24.9 Å². The molecule has 58 valence electrons. The number of rotatable bonds is 4. The highest BCUT2D eigenvalue weighted by Gasteiger charge is 1.81. The maximum absolute atomic E-state index is 8.31. The molecular formula is C8H14O2. The van der Waals surface area contributed by atoms with E-state index in [1.165, 1.54) is 0 Å². The van der Waals surface area contributed by atoms with E-state index in [9.17, 15) is 0 Å². The van der Waals surface area contributed by atoms with Crippen LogP contribution in [0.3, 0.4) is 0 Å². The molecule has 0 aromatic carbocycles. The van der Waals surface area contributed by atoms with Gasteiger partial charge in [-0.2, -0.15) is 0 Å². The number of ether oxygens (including phenoxy) is 1. The Morgan fingerprint density at radius 3 is 2.70 bits per heavy atom. The monoisotopic (exact) mass is 142 g/mol. The van der Waals surface area contributed by atoms with Gasteiger partial charge in [0.05, 0.1) is 19.8 Å². The largest absolute Gasteiger partial charge is 0.394 e. The summed E-state index contributed by atoms with van der Waals surface area (Å²) in [4.78, 5) is 0. The first-order valence-electron chi connectivity index (χ1n) is 3.56. The lowest BCUT2D eigenvalue weighted by Gasteiger charge is -1.95. The zero-order chi connectivity index (χ0) is 7.66. The van der Waals surface area contributed by atoms with Crippen molar-refractivity contribution in [3.63, 3.8) is 0 Å². The highest BCUT2D eigenvalue weighted by Crippen LogP contribution is 1.79. The number of hydrogen-bond donors (Lipinski definition) is 1. The van der Waals surface area contributed by atoms with Crippen molar-refractivity contribution in [1.29, 1.82) is 0 Å². The third kappa shape index (κ3) is 7.48. The van der Waals surface area contributed by atoms with Crippen molar-refractivity contribution in [3.05, 3.63) is 0 Å². The average molecular weight is 142 g/mol. The highest BCUT2D eigenvalue weighted by molar-refractivity contribution is 4.97. The lowest BCUT2D eigenvalue weighted by Crippen LogP contribution is -1.99. The summed E-state index contributed by atoms with van der Waals surface area (Å²) >= 11 is 0. The van der Waals surface area contributed by atoms with Gasteiger partial charge < -0.3 is 9.84 Å². The molecule has 0 unspecified atom stereocenters. The van der Waals surface area contributed by atoms with Crippen LogP contribution in [0.2, 0.25) is 0 Å². The van der Waals surface area contributed by atoms with Crippen LogP contribution in [-0.2, 0) is 4.74 Å². The fraction of sp³-hybridized carbons (Fsp3) is 0.750. The van der Waals surface area contributed by atoms with Crippen LogP contribution in [0.15, 0.2) is 0 Å². The van der Waals surface area contributed by atoms with Gasteiger partial charge in [0.25, 0.3) is 0 Å². The molecule has 2 heteroatoms. The SMILES string of the molecule is CCC#CCCOCCO. The topological polar surface area (TPSA) is 29.5 Å². The first-order chi connectivity index (χ1) is 4.91. The zero-order valence-corrected chi connectivity index (χ0v) is 6.39. The summed E-state index contributed by atoms with van der Waals surface area (Å²) in [5.74, 6) is 5.87. The minimum atomic E-state index is 0.0984. The Labute approximate surface area is 62.2 Å². The molecule has 2 nitrogen and oxygen atoms in total. The second-order valence-electron chi connectivity index (χ2n) is 1.79. The summed E-state index contributed by atoms with van der Waals surface area (Å²) in [6.07, 6.45) is 1.67. The Kier molecular flexibility index (Phi) is 8.04. The summed E-state index contributed by atoms with van der Waals surface area (Å²) in [5, 5.41) is 8.31. The van der Waals surface area contributed by atoms with Crippen LogP contribution >= 0.6 is 0 Å². The fourth-order valence-corrected chi connectivity index (χ4v) is 0.503. The van der Waals surface area contributed by atoms with Gasteiger partial charge in [-0.1, -0.05) is 6.92 Å². The van der Waals surface area contributed by atoms with E-state index >= 15 is 0 Å². The summed E-state index contributed by atoms with van der Waals surface area (Å²) in [6.45, 7) is 3.17. The highest BCUT2D eigenvalue weighted by atomic mass is 16.5.